The fourth-order valence-corrected chi connectivity index (χ4v) is 5.91. The summed E-state index contributed by atoms with van der Waals surface area (Å²) in [5.74, 6) is -1.83. The standard InChI is InChI=1S/2C17H13ClF2N4O2/c1-9-16(12-5-3-10(19)7-13(12)18)17(23(2)22-9)21-15-6-4-11(24(25)26)8-14(15)20;1-9-15(11-7-6-10(19)8-12(11)18)17(23(2)22-9)21-16-13(20)4-3-5-14(16)24(25)26/h2*3-8,21H,1-2H3. The van der Waals surface area contributed by atoms with Gasteiger partial charge in [-0.3, -0.25) is 29.6 Å². The van der Waals surface area contributed by atoms with Crippen LogP contribution in [0.5, 0.6) is 0 Å². The number of nitrogens with one attached hydrogen (secondary N) is 2. The molecule has 6 aromatic rings. The molecular weight excluding hydrogens is 731 g/mol. The molecule has 0 amide bonds. The molecule has 0 aliphatic carbocycles. The molecule has 6 rings (SSSR count). The first-order valence-corrected chi connectivity index (χ1v) is 15.7. The smallest absolute Gasteiger partial charge is 0.295 e. The summed E-state index contributed by atoms with van der Waals surface area (Å²) in [5, 5.41) is 36.5. The van der Waals surface area contributed by atoms with Crippen LogP contribution < -0.4 is 10.6 Å². The zero-order chi connectivity index (χ0) is 38.0. The Hall–Kier alpha value is -6.00. The lowest BCUT2D eigenvalue weighted by Crippen LogP contribution is -2.04. The molecule has 18 heteroatoms. The number of nitro groups is 2. The first kappa shape index (κ1) is 37.3. The summed E-state index contributed by atoms with van der Waals surface area (Å²) in [5.41, 5.74) is 2.20. The van der Waals surface area contributed by atoms with Crippen LogP contribution in [0.3, 0.4) is 0 Å². The van der Waals surface area contributed by atoms with Crippen LogP contribution in [0, 0.1) is 57.3 Å². The lowest BCUT2D eigenvalue weighted by atomic mass is 10.1. The SMILES string of the molecule is Cc1nn(C)c(Nc2c(F)cccc2[N+](=O)[O-])c1-c1ccc(F)cc1Cl.Cc1nn(C)c(Nc2ccc([N+](=O)[O-])cc2F)c1-c1ccc(F)cc1Cl. The van der Waals surface area contributed by atoms with E-state index in [1.165, 1.54) is 64.0 Å². The molecule has 2 N–H and O–H groups in total. The number of nitrogens with zero attached hydrogens (tertiary/aromatic N) is 6. The van der Waals surface area contributed by atoms with E-state index in [1.807, 2.05) is 0 Å². The first-order valence-electron chi connectivity index (χ1n) is 15.0. The van der Waals surface area contributed by atoms with Gasteiger partial charge < -0.3 is 10.6 Å². The van der Waals surface area contributed by atoms with Crippen molar-refractivity contribution in [3.05, 3.63) is 138 Å². The zero-order valence-electron chi connectivity index (χ0n) is 27.5. The Labute approximate surface area is 302 Å². The van der Waals surface area contributed by atoms with E-state index in [4.69, 9.17) is 23.2 Å². The van der Waals surface area contributed by atoms with Gasteiger partial charge in [-0.05, 0) is 62.4 Å². The second-order valence-corrected chi connectivity index (χ2v) is 12.0. The number of para-hydroxylation sites is 1. The Bertz CT molecular complexity index is 2370. The van der Waals surface area contributed by atoms with Gasteiger partial charge in [-0.15, -0.1) is 0 Å². The summed E-state index contributed by atoms with van der Waals surface area (Å²) in [6.45, 7) is 3.45. The number of hydrogen-bond acceptors (Lipinski definition) is 8. The Balaban J connectivity index is 0.000000201. The highest BCUT2D eigenvalue weighted by Crippen LogP contribution is 2.40. The van der Waals surface area contributed by atoms with Gasteiger partial charge in [-0.2, -0.15) is 10.2 Å². The second-order valence-electron chi connectivity index (χ2n) is 11.2. The van der Waals surface area contributed by atoms with Crippen LogP contribution in [0.25, 0.3) is 22.3 Å². The highest BCUT2D eigenvalue weighted by molar-refractivity contribution is 6.34. The largest absolute Gasteiger partial charge is 0.338 e. The van der Waals surface area contributed by atoms with E-state index in [0.717, 1.165) is 18.2 Å². The Morgan fingerprint density at radius 1 is 0.673 bits per heavy atom. The van der Waals surface area contributed by atoms with E-state index < -0.39 is 38.8 Å². The Kier molecular flexibility index (Phi) is 10.8. The summed E-state index contributed by atoms with van der Waals surface area (Å²) >= 11 is 12.3. The van der Waals surface area contributed by atoms with Crippen molar-refractivity contribution in [2.24, 2.45) is 14.1 Å². The van der Waals surface area contributed by atoms with Crippen LogP contribution in [0.2, 0.25) is 10.0 Å². The molecule has 0 spiro atoms. The number of anilines is 4. The third-order valence-corrected chi connectivity index (χ3v) is 8.32. The van der Waals surface area contributed by atoms with Crippen molar-refractivity contribution in [1.29, 1.82) is 0 Å². The molecule has 268 valence electrons. The average Bonchev–Trinajstić information content (AvgIpc) is 3.50. The fourth-order valence-electron chi connectivity index (χ4n) is 5.39. The van der Waals surface area contributed by atoms with Gasteiger partial charge in [0.1, 0.15) is 23.3 Å². The maximum atomic E-state index is 14.2. The minimum atomic E-state index is -0.783. The predicted molar refractivity (Wildman–Crippen MR) is 189 cm³/mol. The van der Waals surface area contributed by atoms with E-state index in [-0.39, 0.29) is 27.1 Å². The molecule has 2 aromatic heterocycles. The number of rotatable bonds is 8. The third kappa shape index (κ3) is 7.67. The molecule has 0 radical (unpaired) electrons. The molecule has 52 heavy (non-hydrogen) atoms. The topological polar surface area (TPSA) is 146 Å². The van der Waals surface area contributed by atoms with Crippen molar-refractivity contribution in [1.82, 2.24) is 19.6 Å². The van der Waals surface area contributed by atoms with Crippen LogP contribution in [0.1, 0.15) is 11.4 Å². The zero-order valence-corrected chi connectivity index (χ0v) is 29.0. The van der Waals surface area contributed by atoms with Crippen LogP contribution >= 0.6 is 23.2 Å². The molecule has 0 aliphatic heterocycles. The van der Waals surface area contributed by atoms with Crippen molar-refractivity contribution in [2.45, 2.75) is 13.8 Å². The maximum absolute atomic E-state index is 14.2. The second kappa shape index (κ2) is 15.1. The van der Waals surface area contributed by atoms with Crippen molar-refractivity contribution < 1.29 is 27.4 Å². The van der Waals surface area contributed by atoms with Crippen LogP contribution in [-0.4, -0.2) is 29.4 Å². The van der Waals surface area contributed by atoms with E-state index in [0.29, 0.717) is 45.3 Å². The van der Waals surface area contributed by atoms with Crippen LogP contribution in [-0.2, 0) is 14.1 Å². The Morgan fingerprint density at radius 2 is 1.19 bits per heavy atom. The van der Waals surface area contributed by atoms with Crippen molar-refractivity contribution in [3.8, 4) is 22.3 Å². The summed E-state index contributed by atoms with van der Waals surface area (Å²) in [4.78, 5) is 20.6. The van der Waals surface area contributed by atoms with E-state index in [1.54, 1.807) is 27.9 Å². The molecule has 4 aromatic carbocycles. The number of nitro benzene ring substituents is 2. The monoisotopic (exact) mass is 756 g/mol. The van der Waals surface area contributed by atoms with Gasteiger partial charge in [0, 0.05) is 48.5 Å². The maximum Gasteiger partial charge on any atom is 0.295 e. The highest BCUT2D eigenvalue weighted by atomic mass is 35.5. The van der Waals surface area contributed by atoms with Gasteiger partial charge in [0.2, 0.25) is 0 Å². The fraction of sp³-hybridized carbons (Fsp3) is 0.118. The van der Waals surface area contributed by atoms with Crippen molar-refractivity contribution in [2.75, 3.05) is 10.6 Å². The number of aromatic nitrogens is 4. The normalized spacial score (nSPS) is 10.8. The highest BCUT2D eigenvalue weighted by Gasteiger charge is 2.24. The van der Waals surface area contributed by atoms with Crippen LogP contribution in [0.15, 0.2) is 72.8 Å². The molecule has 0 atom stereocenters. The predicted octanol–water partition coefficient (Wildman–Crippen LogP) is 9.96. The molecule has 0 fully saturated rings. The number of hydrogen-bond donors (Lipinski definition) is 2. The van der Waals surface area contributed by atoms with Crippen LogP contribution in [0.4, 0.5) is 51.9 Å². The van der Waals surface area contributed by atoms with Gasteiger partial charge in [0.05, 0.1) is 43.0 Å². The lowest BCUT2D eigenvalue weighted by molar-refractivity contribution is -0.385. The minimum absolute atomic E-state index is 0.0399. The Morgan fingerprint density at radius 3 is 1.65 bits per heavy atom. The quantitative estimate of drug-likeness (QED) is 0.0887. The molecule has 0 saturated heterocycles. The van der Waals surface area contributed by atoms with Crippen molar-refractivity contribution in [3.63, 3.8) is 0 Å². The molecule has 0 bridgehead atoms. The first-order chi connectivity index (χ1) is 24.6. The molecular formula is C34H26Cl2F4N8O4. The number of non-ortho nitro benzene ring substituents is 1. The summed E-state index contributed by atoms with van der Waals surface area (Å²) < 4.78 is 58.1. The molecule has 12 nitrogen and oxygen atoms in total. The third-order valence-electron chi connectivity index (χ3n) is 7.69. The summed E-state index contributed by atoms with van der Waals surface area (Å²) in [7, 11) is 3.25. The van der Waals surface area contributed by atoms with Gasteiger partial charge in [-0.1, -0.05) is 29.3 Å². The molecule has 2 heterocycles. The average molecular weight is 758 g/mol. The number of aryl methyl sites for hydroxylation is 4. The lowest BCUT2D eigenvalue weighted by Gasteiger charge is -2.12. The molecule has 0 unspecified atom stereocenters. The summed E-state index contributed by atoms with van der Waals surface area (Å²) in [6, 6.07) is 14.7. The van der Waals surface area contributed by atoms with Gasteiger partial charge in [0.25, 0.3) is 11.4 Å². The summed E-state index contributed by atoms with van der Waals surface area (Å²) in [6.07, 6.45) is 0. The van der Waals surface area contributed by atoms with Gasteiger partial charge >= 0.3 is 0 Å². The minimum Gasteiger partial charge on any atom is -0.338 e. The number of benzene rings is 4. The van der Waals surface area contributed by atoms with Gasteiger partial charge in [0.15, 0.2) is 17.3 Å². The number of halogens is 6. The molecule has 0 aliphatic rings. The molecule has 0 saturated carbocycles. The van der Waals surface area contributed by atoms with Crippen molar-refractivity contribution >= 4 is 57.6 Å². The van der Waals surface area contributed by atoms with E-state index in [2.05, 4.69) is 20.8 Å². The van der Waals surface area contributed by atoms with E-state index in [9.17, 15) is 37.8 Å². The van der Waals surface area contributed by atoms with E-state index >= 15 is 0 Å². The van der Waals surface area contributed by atoms with Gasteiger partial charge in [-0.25, -0.2) is 17.6 Å².